The number of benzene rings is 2. The van der Waals surface area contributed by atoms with Crippen molar-refractivity contribution < 1.29 is 14.3 Å². The second-order valence-corrected chi connectivity index (χ2v) is 5.68. The van der Waals surface area contributed by atoms with E-state index < -0.39 is 12.1 Å². The van der Waals surface area contributed by atoms with E-state index in [-0.39, 0.29) is 5.91 Å². The molecule has 1 N–H and O–H groups in total. The molecule has 0 aromatic heterocycles. The second kappa shape index (κ2) is 7.58. The fourth-order valence-corrected chi connectivity index (χ4v) is 2.05. The number of amides is 1. The van der Waals surface area contributed by atoms with E-state index >= 15 is 0 Å². The zero-order valence-corrected chi connectivity index (χ0v) is 13.6. The monoisotopic (exact) mass is 311 g/mol. The summed E-state index contributed by atoms with van der Waals surface area (Å²) in [6.07, 6.45) is -0.868. The van der Waals surface area contributed by atoms with Gasteiger partial charge in [0.2, 0.25) is 0 Å². The average Bonchev–Trinajstić information content (AvgIpc) is 2.55. The molecule has 1 amide bonds. The third-order valence-corrected chi connectivity index (χ3v) is 3.51. The Bertz CT molecular complexity index is 663. The van der Waals surface area contributed by atoms with Crippen molar-refractivity contribution in [1.29, 1.82) is 0 Å². The lowest BCUT2D eigenvalue weighted by molar-refractivity contribution is -0.123. The van der Waals surface area contributed by atoms with Gasteiger partial charge in [-0.3, -0.25) is 4.79 Å². The lowest BCUT2D eigenvalue weighted by Gasteiger charge is -2.14. The maximum atomic E-state index is 12.1. The molecule has 0 aliphatic carbocycles. The summed E-state index contributed by atoms with van der Waals surface area (Å²) in [6, 6.07) is 16.3. The summed E-state index contributed by atoms with van der Waals surface area (Å²) in [6.45, 7) is 5.73. The smallest absolute Gasteiger partial charge is 0.338 e. The van der Waals surface area contributed by atoms with Crippen LogP contribution in [-0.2, 0) is 9.53 Å². The van der Waals surface area contributed by atoms with E-state index in [0.717, 1.165) is 5.56 Å². The van der Waals surface area contributed by atoms with Gasteiger partial charge in [-0.2, -0.15) is 0 Å². The zero-order valence-electron chi connectivity index (χ0n) is 13.6. The van der Waals surface area contributed by atoms with E-state index in [1.54, 1.807) is 31.2 Å². The molecule has 23 heavy (non-hydrogen) atoms. The van der Waals surface area contributed by atoms with E-state index in [9.17, 15) is 9.59 Å². The Morgan fingerprint density at radius 2 is 1.52 bits per heavy atom. The minimum absolute atomic E-state index is 0.358. The number of ether oxygens (including phenoxy) is 1. The van der Waals surface area contributed by atoms with Crippen LogP contribution in [0, 0.1) is 0 Å². The fraction of sp³-hybridized carbons (Fsp3) is 0.263. The number of carbonyl (C=O) groups is 2. The highest BCUT2D eigenvalue weighted by atomic mass is 16.5. The quantitative estimate of drug-likeness (QED) is 0.849. The number of anilines is 1. The highest BCUT2D eigenvalue weighted by Crippen LogP contribution is 2.15. The predicted molar refractivity (Wildman–Crippen MR) is 90.5 cm³/mol. The molecule has 0 saturated carbocycles. The summed E-state index contributed by atoms with van der Waals surface area (Å²) >= 11 is 0. The maximum absolute atomic E-state index is 12.1. The van der Waals surface area contributed by atoms with Crippen LogP contribution in [0.5, 0.6) is 0 Å². The van der Waals surface area contributed by atoms with Gasteiger partial charge in [0.15, 0.2) is 6.10 Å². The van der Waals surface area contributed by atoms with Gasteiger partial charge in [0.1, 0.15) is 0 Å². The van der Waals surface area contributed by atoms with Crippen LogP contribution in [0.2, 0.25) is 0 Å². The number of nitrogens with one attached hydrogen (secondary N) is 1. The summed E-state index contributed by atoms with van der Waals surface area (Å²) in [5.74, 6) is -0.463. The zero-order chi connectivity index (χ0) is 16.8. The van der Waals surface area contributed by atoms with Crippen molar-refractivity contribution in [3.05, 3.63) is 65.7 Å². The van der Waals surface area contributed by atoms with Gasteiger partial charge in [0.25, 0.3) is 5.91 Å². The summed E-state index contributed by atoms with van der Waals surface area (Å²) in [4.78, 5) is 24.1. The van der Waals surface area contributed by atoms with E-state index in [1.165, 1.54) is 0 Å². The van der Waals surface area contributed by atoms with Crippen LogP contribution in [-0.4, -0.2) is 18.0 Å². The molecule has 2 rings (SSSR count). The van der Waals surface area contributed by atoms with Crippen molar-refractivity contribution in [3.8, 4) is 0 Å². The van der Waals surface area contributed by atoms with Gasteiger partial charge in [-0.15, -0.1) is 0 Å². The molecular weight excluding hydrogens is 290 g/mol. The minimum atomic E-state index is -0.868. The number of rotatable bonds is 5. The molecule has 0 saturated heterocycles. The number of esters is 1. The van der Waals surface area contributed by atoms with Crippen LogP contribution in [0.15, 0.2) is 54.6 Å². The topological polar surface area (TPSA) is 55.4 Å². The molecule has 0 aliphatic heterocycles. The van der Waals surface area contributed by atoms with Crippen LogP contribution in [0.4, 0.5) is 5.69 Å². The Morgan fingerprint density at radius 1 is 0.913 bits per heavy atom. The SMILES string of the molecule is CC(OC(=O)c1ccc(C(C)C)cc1)C(=O)Nc1ccccc1. The summed E-state index contributed by atoms with van der Waals surface area (Å²) < 4.78 is 5.22. The molecule has 4 nitrogen and oxygen atoms in total. The number of hydrogen-bond donors (Lipinski definition) is 1. The van der Waals surface area contributed by atoms with E-state index in [2.05, 4.69) is 19.2 Å². The van der Waals surface area contributed by atoms with Gasteiger partial charge in [0, 0.05) is 5.69 Å². The van der Waals surface area contributed by atoms with Gasteiger partial charge in [-0.25, -0.2) is 4.79 Å². The van der Waals surface area contributed by atoms with Crippen molar-refractivity contribution in [2.75, 3.05) is 5.32 Å². The molecule has 2 aromatic carbocycles. The van der Waals surface area contributed by atoms with Crippen LogP contribution in [0.3, 0.4) is 0 Å². The normalized spacial score (nSPS) is 11.8. The first-order valence-electron chi connectivity index (χ1n) is 7.64. The number of para-hydroxylation sites is 1. The largest absolute Gasteiger partial charge is 0.449 e. The van der Waals surface area contributed by atoms with E-state index in [0.29, 0.717) is 17.2 Å². The molecular formula is C19H21NO3. The van der Waals surface area contributed by atoms with Crippen LogP contribution < -0.4 is 5.32 Å². The molecule has 0 bridgehead atoms. The minimum Gasteiger partial charge on any atom is -0.449 e. The standard InChI is InChI=1S/C19H21NO3/c1-13(2)15-9-11-16(12-10-15)19(22)23-14(3)18(21)20-17-7-5-4-6-8-17/h4-14H,1-3H3,(H,20,21). The lowest BCUT2D eigenvalue weighted by atomic mass is 10.0. The lowest BCUT2D eigenvalue weighted by Crippen LogP contribution is -2.29. The van der Waals surface area contributed by atoms with Gasteiger partial charge in [-0.1, -0.05) is 44.2 Å². The number of carbonyl (C=O) groups excluding carboxylic acids is 2. The third-order valence-electron chi connectivity index (χ3n) is 3.51. The Balaban J connectivity index is 1.94. The Labute approximate surface area is 136 Å². The molecule has 0 radical (unpaired) electrons. The molecule has 120 valence electrons. The third kappa shape index (κ3) is 4.68. The Hall–Kier alpha value is -2.62. The van der Waals surface area contributed by atoms with Crippen molar-refractivity contribution in [1.82, 2.24) is 0 Å². The Kier molecular flexibility index (Phi) is 5.52. The van der Waals surface area contributed by atoms with Crippen molar-refractivity contribution in [2.45, 2.75) is 32.8 Å². The van der Waals surface area contributed by atoms with E-state index in [1.807, 2.05) is 30.3 Å². The van der Waals surface area contributed by atoms with Crippen molar-refractivity contribution >= 4 is 17.6 Å². The van der Waals surface area contributed by atoms with Crippen LogP contribution >= 0.6 is 0 Å². The van der Waals surface area contributed by atoms with Gasteiger partial charge < -0.3 is 10.1 Å². The van der Waals surface area contributed by atoms with Gasteiger partial charge >= 0.3 is 5.97 Å². The predicted octanol–water partition coefficient (Wildman–Crippen LogP) is 3.99. The second-order valence-electron chi connectivity index (χ2n) is 5.68. The average molecular weight is 311 g/mol. The molecule has 1 unspecified atom stereocenters. The molecule has 0 fully saturated rings. The van der Waals surface area contributed by atoms with Crippen molar-refractivity contribution in [2.24, 2.45) is 0 Å². The molecule has 2 aromatic rings. The summed E-state index contributed by atoms with van der Waals surface area (Å²) in [5, 5.41) is 2.71. The molecule has 0 aliphatic rings. The van der Waals surface area contributed by atoms with Crippen molar-refractivity contribution in [3.63, 3.8) is 0 Å². The van der Waals surface area contributed by atoms with Gasteiger partial charge in [0.05, 0.1) is 5.56 Å². The molecule has 1 atom stereocenters. The van der Waals surface area contributed by atoms with Crippen LogP contribution in [0.25, 0.3) is 0 Å². The summed E-state index contributed by atoms with van der Waals surface area (Å²) in [7, 11) is 0. The highest BCUT2D eigenvalue weighted by Gasteiger charge is 2.19. The number of hydrogen-bond acceptors (Lipinski definition) is 3. The molecule has 0 spiro atoms. The first kappa shape index (κ1) is 16.7. The van der Waals surface area contributed by atoms with Gasteiger partial charge in [-0.05, 0) is 42.7 Å². The fourth-order valence-electron chi connectivity index (χ4n) is 2.05. The molecule has 0 heterocycles. The maximum Gasteiger partial charge on any atom is 0.338 e. The summed E-state index contributed by atoms with van der Waals surface area (Å²) in [5.41, 5.74) is 2.26. The van der Waals surface area contributed by atoms with Crippen LogP contribution in [0.1, 0.15) is 42.6 Å². The first-order valence-corrected chi connectivity index (χ1v) is 7.64. The highest BCUT2D eigenvalue weighted by molar-refractivity contribution is 5.97. The first-order chi connectivity index (χ1) is 11.0. The Morgan fingerprint density at radius 3 is 2.09 bits per heavy atom. The van der Waals surface area contributed by atoms with E-state index in [4.69, 9.17) is 4.74 Å². The molecule has 4 heteroatoms.